The Morgan fingerprint density at radius 3 is 1.70 bits per heavy atom. The summed E-state index contributed by atoms with van der Waals surface area (Å²) in [5, 5.41) is 0. The Morgan fingerprint density at radius 2 is 1.23 bits per heavy atom. The van der Waals surface area contributed by atoms with E-state index in [4.69, 9.17) is 23.0 Å². The third kappa shape index (κ3) is 14.2. The Kier molecular flexibility index (Phi) is 28.7. The van der Waals surface area contributed by atoms with Crippen LogP contribution in [0.25, 0.3) is 0 Å². The molecule has 4 aliphatic rings. The second-order valence-corrected chi connectivity index (χ2v) is 121. The molecule has 0 amide bonds. The molecule has 28 atom stereocenters. The summed E-state index contributed by atoms with van der Waals surface area (Å²) in [6.45, 7) is 4.13. The smallest absolute Gasteiger partial charge is 0.426 e. The van der Waals surface area contributed by atoms with Gasteiger partial charge in [-0.3, -0.25) is 4.79 Å². The molecule has 330 valence electrons. The van der Waals surface area contributed by atoms with Crippen molar-refractivity contribution in [3.8, 4) is 0 Å². The highest BCUT2D eigenvalue weighted by molar-refractivity contribution is 9.19. The molecule has 0 aromatic rings. The van der Waals surface area contributed by atoms with Crippen LogP contribution >= 0.6 is 243 Å². The first kappa shape index (κ1) is 61.0. The highest BCUT2D eigenvalue weighted by Crippen LogP contribution is 3.18. The predicted octanol–water partition coefficient (Wildman–Crippen LogP) is 19.9. The van der Waals surface area contributed by atoms with Gasteiger partial charge in [0.05, 0.1) is 46.8 Å². The summed E-state index contributed by atoms with van der Waals surface area (Å²) >= 11 is 0. The summed E-state index contributed by atoms with van der Waals surface area (Å²) in [4.78, 5) is 28.7. The molecular formula is C20H58O7P30. The summed E-state index contributed by atoms with van der Waals surface area (Å²) in [5.74, 6) is -0.498. The van der Waals surface area contributed by atoms with E-state index >= 15 is 0 Å². The molecule has 3 fully saturated rings. The highest BCUT2D eigenvalue weighted by atomic mass is 33.2. The first-order valence-electron chi connectivity index (χ1n) is 16.5. The monoisotopic (exact) mass is 1340 g/mol. The second kappa shape index (κ2) is 26.8. The number of hydrogen-bond acceptors (Lipinski definition) is 7. The number of ether oxygens (including phenoxy) is 2. The Balaban J connectivity index is 2.08. The van der Waals surface area contributed by atoms with Crippen molar-refractivity contribution < 1.29 is 32.6 Å². The van der Waals surface area contributed by atoms with Crippen molar-refractivity contribution in [2.45, 2.75) is 83.4 Å². The van der Waals surface area contributed by atoms with E-state index in [1.807, 2.05) is 0 Å². The van der Waals surface area contributed by atoms with E-state index < -0.39 is 127 Å². The molecule has 27 unspecified atom stereocenters. The van der Waals surface area contributed by atoms with Gasteiger partial charge in [-0.25, -0.2) is 4.79 Å². The van der Waals surface area contributed by atoms with Crippen LogP contribution in [0, 0.1) is 16.7 Å². The Labute approximate surface area is 395 Å². The fourth-order valence-electron chi connectivity index (χ4n) is 8.15. The molecule has 1 aliphatic heterocycles. The van der Waals surface area contributed by atoms with Gasteiger partial charge in [-0.2, -0.15) is 0 Å². The molecule has 4 rings (SSSR count). The number of carbonyl (C=O) groups is 2. The van der Waals surface area contributed by atoms with Gasteiger partial charge in [0.15, 0.2) is 11.7 Å². The number of fused-ring (bicyclic) bond motifs is 3. The quantitative estimate of drug-likeness (QED) is 0.0815. The summed E-state index contributed by atoms with van der Waals surface area (Å²) in [6.07, 6.45) is -0.373. The van der Waals surface area contributed by atoms with Crippen molar-refractivity contribution in [1.82, 2.24) is 0 Å². The van der Waals surface area contributed by atoms with Gasteiger partial charge in [-0.1, -0.05) is 37.7 Å². The van der Waals surface area contributed by atoms with Crippen LogP contribution in [0.4, 0.5) is 4.79 Å². The van der Waals surface area contributed by atoms with Gasteiger partial charge in [0.1, 0.15) is 5.78 Å². The van der Waals surface area contributed by atoms with Crippen LogP contribution in [0.3, 0.4) is 0 Å². The lowest BCUT2D eigenvalue weighted by atomic mass is 9.48. The largest absolute Gasteiger partial charge is 0.509 e. The zero-order valence-corrected chi connectivity index (χ0v) is 62.7. The number of ketones is 1. The van der Waals surface area contributed by atoms with Crippen molar-refractivity contribution in [1.29, 1.82) is 0 Å². The maximum Gasteiger partial charge on any atom is 0.509 e. The zero-order valence-electron chi connectivity index (χ0n) is 31.6. The minimum atomic E-state index is -1.16. The number of rotatable bonds is 17. The van der Waals surface area contributed by atoms with Gasteiger partial charge in [-0.15, -0.1) is 134 Å². The van der Waals surface area contributed by atoms with E-state index in [1.165, 1.54) is 5.57 Å². The number of Topliss-reactive ketones (excluding diaryl/α,β-unsaturated/α-hetero) is 1. The van der Waals surface area contributed by atoms with E-state index in [1.54, 1.807) is 0 Å². The lowest BCUT2D eigenvalue weighted by molar-refractivity contribution is -0.174. The third-order valence-electron chi connectivity index (χ3n) is 10.5. The maximum absolute atomic E-state index is 14.8. The van der Waals surface area contributed by atoms with Gasteiger partial charge >= 0.3 is 6.16 Å². The molecule has 1 heterocycles. The lowest BCUT2D eigenvalue weighted by Gasteiger charge is -2.60. The van der Waals surface area contributed by atoms with Gasteiger partial charge in [0, 0.05) is 44.6 Å². The standard InChI is InChI=1S/C20H58O7P30/c1-9-11(25-47(55(43)51(35)36)57(53(39)40)54(41)42)8-20-16(23-17(22)24-20)15-10(21)5-6-13(27-45(48(29)30)49(31)32)19(15,4)7-12(14(9)18(20,2)3)26-46(50(33)34)56(44-28)52(37)38/h11-13,15-16,44H,5-8,28-43H2,1-4H3/t11?,12?,13?,15?,16?,19-,20?,46?,47?,55?,56?/m1/s1. The Bertz CT molecular complexity index is 1440. The van der Waals surface area contributed by atoms with Crippen LogP contribution in [0.1, 0.15) is 53.4 Å². The van der Waals surface area contributed by atoms with Crippen molar-refractivity contribution in [3.63, 3.8) is 0 Å². The SMILES string of the molecule is CC1=C2C(OP(P(P)P)P(PP)P(P)P)C[C@]3(C)C(OP(P(P)P)P(P)P)CCC(=O)C3C3OC(=O)OC3(CC1OP(P(P)P(P)P)P(P(P)P)P(P)P)C2(C)C. The van der Waals surface area contributed by atoms with Crippen LogP contribution in [0.2, 0.25) is 0 Å². The van der Waals surface area contributed by atoms with Gasteiger partial charge in [0.2, 0.25) is 0 Å². The number of carbonyl (C=O) groups excluding carboxylic acids is 2. The molecule has 1 saturated heterocycles. The molecule has 2 saturated carbocycles. The van der Waals surface area contributed by atoms with E-state index in [2.05, 4.69) is 171 Å². The van der Waals surface area contributed by atoms with Gasteiger partial charge in [0.25, 0.3) is 0 Å². The molecule has 3 aliphatic carbocycles. The molecule has 0 N–H and O–H groups in total. The zero-order chi connectivity index (χ0) is 43.3. The average Bonchev–Trinajstić information content (AvgIpc) is 3.40. The Morgan fingerprint density at radius 1 is 0.684 bits per heavy atom. The molecule has 0 aromatic heterocycles. The molecule has 2 bridgehead atoms. The minimum absolute atomic E-state index is 0.127. The topological polar surface area (TPSA) is 80.3 Å². The fraction of sp³-hybridized carbons (Fsp3) is 0.800. The van der Waals surface area contributed by atoms with Crippen molar-refractivity contribution in [3.05, 3.63) is 11.1 Å². The molecule has 37 heteroatoms. The summed E-state index contributed by atoms with van der Waals surface area (Å²) in [5.41, 5.74) is -0.233. The molecule has 0 radical (unpaired) electrons. The van der Waals surface area contributed by atoms with E-state index in [0.717, 1.165) is 5.57 Å². The predicted molar refractivity (Wildman–Crippen MR) is 344 cm³/mol. The normalized spacial score (nSPS) is 32.9. The minimum Gasteiger partial charge on any atom is -0.426 e. The lowest BCUT2D eigenvalue weighted by Crippen LogP contribution is -2.68. The summed E-state index contributed by atoms with van der Waals surface area (Å²) in [7, 11) is 47.5. The van der Waals surface area contributed by atoms with Crippen molar-refractivity contribution in [2.24, 2.45) is 16.7 Å². The summed E-state index contributed by atoms with van der Waals surface area (Å²) in [6, 6.07) is 0. The average molecular weight is 1340 g/mol. The molecule has 0 aromatic carbocycles. The maximum atomic E-state index is 14.8. The second-order valence-electron chi connectivity index (χ2n) is 14.1. The Hall–Kier alpha value is 11.5. The molecule has 1 spiro atoms. The van der Waals surface area contributed by atoms with E-state index in [9.17, 15) is 9.59 Å². The van der Waals surface area contributed by atoms with Crippen LogP contribution < -0.4 is 0 Å². The van der Waals surface area contributed by atoms with E-state index in [-0.39, 0.29) is 24.1 Å². The summed E-state index contributed by atoms with van der Waals surface area (Å²) < 4.78 is 36.0. The van der Waals surface area contributed by atoms with Crippen LogP contribution in [0.5, 0.6) is 0 Å². The fourth-order valence-corrected chi connectivity index (χ4v) is 203. The number of hydrogen-bond donors (Lipinski definition) is 0. The third-order valence-corrected chi connectivity index (χ3v) is 151. The molecular weight excluding hydrogens is 1280 g/mol. The highest BCUT2D eigenvalue weighted by Gasteiger charge is 2.73. The van der Waals surface area contributed by atoms with Crippen molar-refractivity contribution >= 4 is 255 Å². The first-order chi connectivity index (χ1) is 26.3. The van der Waals surface area contributed by atoms with Crippen LogP contribution in [-0.2, 0) is 27.8 Å². The van der Waals surface area contributed by atoms with E-state index in [0.29, 0.717) is 33.6 Å². The van der Waals surface area contributed by atoms with Crippen LogP contribution in [0.15, 0.2) is 11.1 Å². The van der Waals surface area contributed by atoms with Gasteiger partial charge < -0.3 is 23.0 Å². The van der Waals surface area contributed by atoms with Crippen molar-refractivity contribution in [2.75, 3.05) is 0 Å². The molecule has 7 nitrogen and oxygen atoms in total. The first-order valence-corrected chi connectivity index (χ1v) is 68.7. The molecule has 57 heavy (non-hydrogen) atoms. The van der Waals surface area contributed by atoms with Gasteiger partial charge in [-0.05, 0) is 79.8 Å². The van der Waals surface area contributed by atoms with Crippen LogP contribution in [-0.4, -0.2) is 42.0 Å².